The maximum absolute atomic E-state index is 13.2. The van der Waals surface area contributed by atoms with Crippen molar-refractivity contribution in [2.45, 2.75) is 33.1 Å². The zero-order valence-corrected chi connectivity index (χ0v) is 19.5. The molecule has 0 aliphatic heterocycles. The van der Waals surface area contributed by atoms with E-state index in [1.54, 1.807) is 24.2 Å². The highest BCUT2D eigenvalue weighted by Gasteiger charge is 2.20. The van der Waals surface area contributed by atoms with Gasteiger partial charge in [0.25, 0.3) is 5.91 Å². The molecule has 0 saturated heterocycles. The van der Waals surface area contributed by atoms with Gasteiger partial charge in [-0.1, -0.05) is 38.1 Å². The van der Waals surface area contributed by atoms with Crippen molar-refractivity contribution in [3.05, 3.63) is 83.8 Å². The number of carbonyl (C=O) groups is 1. The zero-order valence-electron chi connectivity index (χ0n) is 19.5. The fourth-order valence-corrected chi connectivity index (χ4v) is 3.51. The van der Waals surface area contributed by atoms with Crippen LogP contribution in [0.5, 0.6) is 5.75 Å². The topological polar surface area (TPSA) is 81.9 Å². The van der Waals surface area contributed by atoms with Gasteiger partial charge in [0.2, 0.25) is 0 Å². The van der Waals surface area contributed by atoms with Crippen LogP contribution in [0.2, 0.25) is 0 Å². The molecule has 0 bridgehead atoms. The maximum Gasteiger partial charge on any atom is 0.259 e. The second-order valence-corrected chi connectivity index (χ2v) is 8.91. The first-order valence-corrected chi connectivity index (χ1v) is 10.7. The minimum atomic E-state index is -0.234. The van der Waals surface area contributed by atoms with E-state index >= 15 is 0 Å². The van der Waals surface area contributed by atoms with Crippen molar-refractivity contribution in [2.24, 2.45) is 0 Å². The van der Waals surface area contributed by atoms with Crippen molar-refractivity contribution < 1.29 is 9.53 Å². The first-order chi connectivity index (χ1) is 15.8. The molecular formula is C26H27N5O2. The molecule has 4 aromatic rings. The molecule has 0 saturated carbocycles. The number of nitrogens with one attached hydrogen (secondary N) is 1. The number of nitrogens with zero attached hydrogens (tertiary/aromatic N) is 4. The second-order valence-electron chi connectivity index (χ2n) is 8.91. The molecule has 2 aromatic carbocycles. The fraction of sp³-hybridized carbons (Fsp3) is 0.231. The minimum Gasteiger partial charge on any atom is -0.496 e. The Morgan fingerprint density at radius 1 is 1.09 bits per heavy atom. The van der Waals surface area contributed by atoms with Crippen LogP contribution < -0.4 is 10.1 Å². The lowest BCUT2D eigenvalue weighted by atomic mass is 9.86. The van der Waals surface area contributed by atoms with E-state index in [2.05, 4.69) is 41.4 Å². The van der Waals surface area contributed by atoms with Gasteiger partial charge in [0.15, 0.2) is 0 Å². The summed E-state index contributed by atoms with van der Waals surface area (Å²) in [7, 11) is 1.57. The van der Waals surface area contributed by atoms with Gasteiger partial charge < -0.3 is 10.1 Å². The van der Waals surface area contributed by atoms with E-state index in [1.807, 2.05) is 61.7 Å². The lowest BCUT2D eigenvalue weighted by molar-refractivity contribution is 0.102. The normalized spacial score (nSPS) is 11.3. The number of amides is 1. The van der Waals surface area contributed by atoms with Crippen LogP contribution in [0.1, 0.15) is 42.3 Å². The van der Waals surface area contributed by atoms with E-state index in [1.165, 1.54) is 0 Å². The van der Waals surface area contributed by atoms with Gasteiger partial charge in [0.1, 0.15) is 11.4 Å². The Kier molecular flexibility index (Phi) is 5.96. The summed E-state index contributed by atoms with van der Waals surface area (Å²) < 4.78 is 7.14. The van der Waals surface area contributed by atoms with Crippen LogP contribution in [-0.2, 0) is 5.41 Å². The molecule has 33 heavy (non-hydrogen) atoms. The van der Waals surface area contributed by atoms with Gasteiger partial charge in [0, 0.05) is 23.6 Å². The largest absolute Gasteiger partial charge is 0.496 e. The zero-order chi connectivity index (χ0) is 23.6. The Balaban J connectivity index is 1.63. The Hall–Kier alpha value is -4.00. The Morgan fingerprint density at radius 3 is 2.61 bits per heavy atom. The number of aromatic nitrogens is 4. The number of anilines is 1. The van der Waals surface area contributed by atoms with E-state index in [0.29, 0.717) is 17.0 Å². The average molecular weight is 442 g/mol. The summed E-state index contributed by atoms with van der Waals surface area (Å²) in [6.45, 7) is 8.32. The third kappa shape index (κ3) is 4.77. The first kappa shape index (κ1) is 22.2. The number of carbonyl (C=O) groups excluding carboxylic acids is 1. The molecule has 1 amide bonds. The predicted octanol–water partition coefficient (Wildman–Crippen LogP) is 5.20. The first-order valence-electron chi connectivity index (χ1n) is 10.7. The highest BCUT2D eigenvalue weighted by atomic mass is 16.5. The SMILES string of the molecule is COc1ccc(C(C)(C)C)cc1C(=O)Nc1ccc(C)c(-n2cc(-c3cccnc3)nn2)c1. The van der Waals surface area contributed by atoms with E-state index in [-0.39, 0.29) is 11.3 Å². The smallest absolute Gasteiger partial charge is 0.259 e. The molecule has 1 N–H and O–H groups in total. The highest BCUT2D eigenvalue weighted by Crippen LogP contribution is 2.29. The number of ether oxygens (including phenoxy) is 1. The number of methoxy groups -OCH3 is 1. The van der Waals surface area contributed by atoms with Gasteiger partial charge >= 0.3 is 0 Å². The highest BCUT2D eigenvalue weighted by molar-refractivity contribution is 6.06. The van der Waals surface area contributed by atoms with Crippen molar-refractivity contribution in [1.29, 1.82) is 0 Å². The molecule has 0 radical (unpaired) electrons. The summed E-state index contributed by atoms with van der Waals surface area (Å²) in [6.07, 6.45) is 5.31. The summed E-state index contributed by atoms with van der Waals surface area (Å²) in [5.74, 6) is 0.299. The summed E-state index contributed by atoms with van der Waals surface area (Å²) in [6, 6.07) is 15.2. The molecule has 168 valence electrons. The van der Waals surface area contributed by atoms with Crippen molar-refractivity contribution in [3.63, 3.8) is 0 Å². The second kappa shape index (κ2) is 8.86. The average Bonchev–Trinajstić information content (AvgIpc) is 3.30. The predicted molar refractivity (Wildman–Crippen MR) is 129 cm³/mol. The van der Waals surface area contributed by atoms with E-state index in [0.717, 1.165) is 28.1 Å². The van der Waals surface area contributed by atoms with E-state index < -0.39 is 0 Å². The molecule has 7 nitrogen and oxygen atoms in total. The van der Waals surface area contributed by atoms with Crippen LogP contribution in [0.4, 0.5) is 5.69 Å². The fourth-order valence-electron chi connectivity index (χ4n) is 3.51. The summed E-state index contributed by atoms with van der Waals surface area (Å²) in [4.78, 5) is 17.3. The van der Waals surface area contributed by atoms with E-state index in [9.17, 15) is 4.79 Å². The third-order valence-corrected chi connectivity index (χ3v) is 5.47. The van der Waals surface area contributed by atoms with Crippen LogP contribution in [0, 0.1) is 6.92 Å². The van der Waals surface area contributed by atoms with Gasteiger partial charge in [0.05, 0.1) is 24.6 Å². The Morgan fingerprint density at radius 2 is 1.91 bits per heavy atom. The van der Waals surface area contributed by atoms with Crippen LogP contribution in [0.25, 0.3) is 16.9 Å². The van der Waals surface area contributed by atoms with Crippen molar-refractivity contribution in [1.82, 2.24) is 20.0 Å². The molecular weight excluding hydrogens is 414 g/mol. The molecule has 0 atom stereocenters. The lowest BCUT2D eigenvalue weighted by Gasteiger charge is -2.21. The number of aryl methyl sites for hydroxylation is 1. The number of rotatable bonds is 5. The quantitative estimate of drug-likeness (QED) is 0.461. The number of hydrogen-bond acceptors (Lipinski definition) is 5. The standard InChI is InChI=1S/C26H27N5O2/c1-17-8-10-20(14-23(17)31-16-22(29-30-31)18-7-6-12-27-15-18)28-25(32)21-13-19(26(2,3)4)9-11-24(21)33-5/h6-16H,1-5H3,(H,28,32). The van der Waals surface area contributed by atoms with Crippen molar-refractivity contribution in [2.75, 3.05) is 12.4 Å². The third-order valence-electron chi connectivity index (χ3n) is 5.47. The molecule has 4 rings (SSSR count). The van der Waals surface area contributed by atoms with E-state index in [4.69, 9.17) is 4.74 Å². The van der Waals surface area contributed by atoms with Crippen molar-refractivity contribution >= 4 is 11.6 Å². The van der Waals surface area contributed by atoms with Gasteiger partial charge in [-0.05, 0) is 59.9 Å². The van der Waals surface area contributed by atoms with Crippen LogP contribution in [0.15, 0.2) is 67.1 Å². The molecule has 7 heteroatoms. The molecule has 0 spiro atoms. The van der Waals surface area contributed by atoms with Gasteiger partial charge in [-0.25, -0.2) is 4.68 Å². The molecule has 0 unspecified atom stereocenters. The summed E-state index contributed by atoms with van der Waals surface area (Å²) in [5, 5.41) is 11.5. The summed E-state index contributed by atoms with van der Waals surface area (Å²) in [5.41, 5.74) is 5.56. The molecule has 0 fully saturated rings. The van der Waals surface area contributed by atoms with Crippen molar-refractivity contribution in [3.8, 4) is 22.7 Å². The number of pyridine rings is 1. The van der Waals surface area contributed by atoms with Crippen LogP contribution in [-0.4, -0.2) is 33.0 Å². The van der Waals surface area contributed by atoms with Gasteiger partial charge in [-0.2, -0.15) is 0 Å². The summed E-state index contributed by atoms with van der Waals surface area (Å²) >= 11 is 0. The van der Waals surface area contributed by atoms with Crippen LogP contribution >= 0.6 is 0 Å². The van der Waals surface area contributed by atoms with Gasteiger partial charge in [-0.3, -0.25) is 9.78 Å². The Bertz CT molecular complexity index is 1290. The maximum atomic E-state index is 13.2. The number of benzene rings is 2. The molecule has 2 aromatic heterocycles. The minimum absolute atomic E-state index is 0.0859. The monoisotopic (exact) mass is 441 g/mol. The lowest BCUT2D eigenvalue weighted by Crippen LogP contribution is -2.17. The van der Waals surface area contributed by atoms with Gasteiger partial charge in [-0.15, -0.1) is 5.10 Å². The molecule has 0 aliphatic rings. The van der Waals surface area contributed by atoms with Crippen LogP contribution in [0.3, 0.4) is 0 Å². The Labute approximate surface area is 193 Å². The molecule has 0 aliphatic carbocycles. The number of hydrogen-bond donors (Lipinski definition) is 1. The molecule has 2 heterocycles.